The molecule has 0 N–H and O–H groups in total. The normalized spacial score (nSPS) is 25.3. The van der Waals surface area contributed by atoms with Crippen molar-refractivity contribution < 1.29 is 9.53 Å². The molecule has 0 bridgehead atoms. The second kappa shape index (κ2) is 9.79. The van der Waals surface area contributed by atoms with Gasteiger partial charge in [-0.15, -0.1) is 0 Å². The summed E-state index contributed by atoms with van der Waals surface area (Å²) in [7, 11) is 0. The van der Waals surface area contributed by atoms with E-state index in [1.54, 1.807) is 0 Å². The van der Waals surface area contributed by atoms with Gasteiger partial charge in [-0.25, -0.2) is 4.79 Å². The number of benzene rings is 2. The first-order valence-electron chi connectivity index (χ1n) is 12.1. The summed E-state index contributed by atoms with van der Waals surface area (Å²) in [6.45, 7) is 17.6. The van der Waals surface area contributed by atoms with Crippen LogP contribution in [0.25, 0.3) is 0 Å². The van der Waals surface area contributed by atoms with Crippen LogP contribution in [0.2, 0.25) is 0 Å². The average molecular weight is 436 g/mol. The molecule has 1 aliphatic rings. The van der Waals surface area contributed by atoms with Crippen molar-refractivity contribution in [2.45, 2.75) is 84.3 Å². The summed E-state index contributed by atoms with van der Waals surface area (Å²) in [5.74, 6) is 0.567. The zero-order chi connectivity index (χ0) is 23.5. The van der Waals surface area contributed by atoms with E-state index in [-0.39, 0.29) is 23.0 Å². The van der Waals surface area contributed by atoms with Crippen LogP contribution in [-0.4, -0.2) is 35.6 Å². The molecule has 1 fully saturated rings. The number of rotatable bonds is 6. The van der Waals surface area contributed by atoms with Crippen molar-refractivity contribution in [2.75, 3.05) is 13.1 Å². The number of nitrogens with zero attached hydrogens (tertiary/aromatic N) is 1. The van der Waals surface area contributed by atoms with Crippen molar-refractivity contribution in [1.82, 2.24) is 4.90 Å². The molecule has 0 aliphatic carbocycles. The molecule has 0 amide bonds. The van der Waals surface area contributed by atoms with E-state index >= 15 is 0 Å². The van der Waals surface area contributed by atoms with Crippen LogP contribution in [0.1, 0.15) is 88.7 Å². The Labute approximate surface area is 195 Å². The molecule has 0 aromatic heterocycles. The molecule has 0 spiro atoms. The number of ether oxygens (including phenoxy) is 1. The molecule has 32 heavy (non-hydrogen) atoms. The summed E-state index contributed by atoms with van der Waals surface area (Å²) >= 11 is 0. The Kier molecular flexibility index (Phi) is 7.50. The van der Waals surface area contributed by atoms with Gasteiger partial charge in [0.2, 0.25) is 0 Å². The third-order valence-corrected chi connectivity index (χ3v) is 7.42. The second-order valence-electron chi connectivity index (χ2n) is 11.0. The van der Waals surface area contributed by atoms with Crippen LogP contribution in [0.5, 0.6) is 0 Å². The summed E-state index contributed by atoms with van der Waals surface area (Å²) in [4.78, 5) is 15.6. The van der Waals surface area contributed by atoms with Gasteiger partial charge in [0.25, 0.3) is 0 Å². The third kappa shape index (κ3) is 5.61. The van der Waals surface area contributed by atoms with Gasteiger partial charge in [-0.1, -0.05) is 84.0 Å². The van der Waals surface area contributed by atoms with E-state index in [9.17, 15) is 4.79 Å². The lowest BCUT2D eigenvalue weighted by Gasteiger charge is -2.50. The van der Waals surface area contributed by atoms with Gasteiger partial charge in [-0.3, -0.25) is 4.90 Å². The van der Waals surface area contributed by atoms with Gasteiger partial charge in [0.15, 0.2) is 0 Å². The minimum Gasteiger partial charge on any atom is -0.458 e. The van der Waals surface area contributed by atoms with Gasteiger partial charge in [-0.05, 0) is 47.9 Å². The average Bonchev–Trinajstić information content (AvgIpc) is 2.77. The molecule has 1 heterocycles. The van der Waals surface area contributed by atoms with Crippen molar-refractivity contribution in [3.05, 3.63) is 71.3 Å². The van der Waals surface area contributed by atoms with E-state index in [1.807, 2.05) is 24.3 Å². The maximum Gasteiger partial charge on any atom is 0.338 e. The molecule has 2 aromatic rings. The third-order valence-electron chi connectivity index (χ3n) is 7.42. The number of hydrogen-bond acceptors (Lipinski definition) is 3. The number of piperidine rings is 1. The Morgan fingerprint density at radius 2 is 1.75 bits per heavy atom. The number of likely N-dealkylation sites (tertiary alicyclic amines) is 1. The van der Waals surface area contributed by atoms with Gasteiger partial charge in [0.05, 0.1) is 5.56 Å². The zero-order valence-electron chi connectivity index (χ0n) is 21.0. The number of carbonyl (C=O) groups is 1. The number of hydrogen-bond donors (Lipinski definition) is 0. The maximum absolute atomic E-state index is 12.9. The largest absolute Gasteiger partial charge is 0.458 e. The number of esters is 1. The number of carbonyl (C=O) groups excluding carboxylic acids is 1. The first-order chi connectivity index (χ1) is 15.0. The second-order valence-corrected chi connectivity index (χ2v) is 11.0. The van der Waals surface area contributed by atoms with E-state index in [0.717, 1.165) is 25.9 Å². The van der Waals surface area contributed by atoms with Gasteiger partial charge in [-0.2, -0.15) is 0 Å². The molecule has 2 aromatic carbocycles. The Bertz CT molecular complexity index is 884. The van der Waals surface area contributed by atoms with Crippen molar-refractivity contribution in [3.63, 3.8) is 0 Å². The van der Waals surface area contributed by atoms with Crippen LogP contribution in [0.3, 0.4) is 0 Å². The zero-order valence-corrected chi connectivity index (χ0v) is 21.0. The topological polar surface area (TPSA) is 29.5 Å². The molecule has 1 aliphatic heterocycles. The van der Waals surface area contributed by atoms with Crippen molar-refractivity contribution >= 4 is 5.97 Å². The predicted molar refractivity (Wildman–Crippen MR) is 133 cm³/mol. The van der Waals surface area contributed by atoms with Crippen LogP contribution < -0.4 is 0 Å². The van der Waals surface area contributed by atoms with Crippen LogP contribution in [0.15, 0.2) is 54.6 Å². The Morgan fingerprint density at radius 1 is 1.12 bits per heavy atom. The fourth-order valence-corrected chi connectivity index (χ4v) is 4.80. The molecule has 4 unspecified atom stereocenters. The van der Waals surface area contributed by atoms with Crippen LogP contribution >= 0.6 is 0 Å². The maximum atomic E-state index is 12.9. The van der Waals surface area contributed by atoms with Gasteiger partial charge >= 0.3 is 5.97 Å². The summed E-state index contributed by atoms with van der Waals surface area (Å²) in [5.41, 5.74) is 3.34. The lowest BCUT2D eigenvalue weighted by atomic mass is 9.79. The quantitative estimate of drug-likeness (QED) is 0.466. The highest BCUT2D eigenvalue weighted by Gasteiger charge is 2.42. The van der Waals surface area contributed by atoms with E-state index in [1.165, 1.54) is 11.1 Å². The Morgan fingerprint density at radius 3 is 2.31 bits per heavy atom. The van der Waals surface area contributed by atoms with Crippen molar-refractivity contribution in [1.29, 1.82) is 0 Å². The van der Waals surface area contributed by atoms with E-state index < -0.39 is 0 Å². The van der Waals surface area contributed by atoms with Gasteiger partial charge < -0.3 is 4.74 Å². The minimum absolute atomic E-state index is 0.0244. The van der Waals surface area contributed by atoms with Gasteiger partial charge in [0.1, 0.15) is 6.10 Å². The summed E-state index contributed by atoms with van der Waals surface area (Å²) < 4.78 is 6.08. The molecule has 0 radical (unpaired) electrons. The SMILES string of the molecule is CCC1(C)CC(OC(=O)c2ccc(C(C)(C)C)cc2)C(C)CN1CC(C)c1ccccc1. The fraction of sp³-hybridized carbons (Fsp3) is 0.552. The lowest BCUT2D eigenvalue weighted by Crippen LogP contribution is -2.57. The van der Waals surface area contributed by atoms with Crippen LogP contribution in [0, 0.1) is 5.92 Å². The smallest absolute Gasteiger partial charge is 0.338 e. The van der Waals surface area contributed by atoms with Crippen LogP contribution in [-0.2, 0) is 10.2 Å². The molecule has 0 saturated carbocycles. The van der Waals surface area contributed by atoms with Crippen molar-refractivity contribution in [3.8, 4) is 0 Å². The molecule has 3 nitrogen and oxygen atoms in total. The molecular formula is C29H41NO2. The first-order valence-corrected chi connectivity index (χ1v) is 12.1. The fourth-order valence-electron chi connectivity index (χ4n) is 4.80. The highest BCUT2D eigenvalue weighted by atomic mass is 16.5. The molecule has 174 valence electrons. The van der Waals surface area contributed by atoms with Crippen LogP contribution in [0.4, 0.5) is 0 Å². The molecule has 4 atom stereocenters. The molecular weight excluding hydrogens is 394 g/mol. The first kappa shape index (κ1) is 24.5. The Balaban J connectivity index is 1.68. The molecule has 1 saturated heterocycles. The minimum atomic E-state index is -0.202. The Hall–Kier alpha value is -2.13. The molecule has 3 heteroatoms. The lowest BCUT2D eigenvalue weighted by molar-refractivity contribution is -0.0627. The monoisotopic (exact) mass is 435 g/mol. The van der Waals surface area contributed by atoms with E-state index in [2.05, 4.69) is 83.7 Å². The standard InChI is InChI=1S/C29H41NO2/c1-8-29(7)18-26(32-27(31)24-14-16-25(17-15-24)28(4,5)6)22(3)20-30(29)19-21(2)23-12-10-9-11-13-23/h9-17,21-22,26H,8,18-20H2,1-7H3. The summed E-state index contributed by atoms with van der Waals surface area (Å²) in [6.07, 6.45) is 1.85. The predicted octanol–water partition coefficient (Wildman–Crippen LogP) is 6.82. The van der Waals surface area contributed by atoms with Gasteiger partial charge in [0, 0.05) is 31.0 Å². The summed E-state index contributed by atoms with van der Waals surface area (Å²) in [5, 5.41) is 0. The van der Waals surface area contributed by atoms with E-state index in [0.29, 0.717) is 17.4 Å². The highest BCUT2D eigenvalue weighted by molar-refractivity contribution is 5.89. The molecule has 3 rings (SSSR count). The summed E-state index contributed by atoms with van der Waals surface area (Å²) in [6, 6.07) is 18.7. The van der Waals surface area contributed by atoms with E-state index in [4.69, 9.17) is 4.74 Å². The highest BCUT2D eigenvalue weighted by Crippen LogP contribution is 2.37. The van der Waals surface area contributed by atoms with Crippen molar-refractivity contribution in [2.24, 2.45) is 5.92 Å².